The number of halogens is 1. The number of para-hydroxylation sites is 1. The first-order valence-electron chi connectivity index (χ1n) is 4.85. The molecule has 2 amide bonds. The van der Waals surface area contributed by atoms with E-state index in [0.717, 1.165) is 0 Å². The Bertz CT molecular complexity index is 518. The highest BCUT2D eigenvalue weighted by Gasteiger charge is 2.06. The van der Waals surface area contributed by atoms with Crippen LogP contribution >= 0.6 is 0 Å². The van der Waals surface area contributed by atoms with Gasteiger partial charge in [-0.05, 0) is 18.2 Å². The highest BCUT2D eigenvalue weighted by Crippen LogP contribution is 2.12. The number of urea groups is 1. The highest BCUT2D eigenvalue weighted by atomic mass is 19.1. The molecule has 1 aromatic heterocycles. The number of nitrogens with zero attached hydrogens (tertiary/aromatic N) is 2. The number of amides is 2. The van der Waals surface area contributed by atoms with Gasteiger partial charge in [0.15, 0.2) is 0 Å². The van der Waals surface area contributed by atoms with Crippen LogP contribution in [0.4, 0.5) is 20.8 Å². The second-order valence-corrected chi connectivity index (χ2v) is 3.13. The van der Waals surface area contributed by atoms with Crippen molar-refractivity contribution in [1.82, 2.24) is 9.97 Å². The zero-order valence-corrected chi connectivity index (χ0v) is 8.72. The third-order valence-electron chi connectivity index (χ3n) is 1.91. The van der Waals surface area contributed by atoms with Crippen molar-refractivity contribution in [2.75, 3.05) is 10.6 Å². The van der Waals surface area contributed by atoms with E-state index in [9.17, 15) is 9.18 Å². The van der Waals surface area contributed by atoms with E-state index < -0.39 is 11.8 Å². The Labute approximate surface area is 96.7 Å². The quantitative estimate of drug-likeness (QED) is 0.834. The van der Waals surface area contributed by atoms with Crippen molar-refractivity contribution in [1.29, 1.82) is 0 Å². The number of hydrogen-bond acceptors (Lipinski definition) is 3. The third-order valence-corrected chi connectivity index (χ3v) is 1.91. The standard InChI is InChI=1S/C11H9FN4O/c12-8-4-1-2-5-9(8)15-11(17)16-10-13-6-3-7-14-10/h1-7H,(H2,13,14,15,16,17). The van der Waals surface area contributed by atoms with E-state index in [1.807, 2.05) is 0 Å². The monoisotopic (exact) mass is 232 g/mol. The lowest BCUT2D eigenvalue weighted by molar-refractivity contribution is 0.262. The first kappa shape index (κ1) is 11.0. The van der Waals surface area contributed by atoms with Gasteiger partial charge in [-0.25, -0.2) is 19.2 Å². The number of benzene rings is 1. The summed E-state index contributed by atoms with van der Waals surface area (Å²) in [7, 11) is 0. The normalized spacial score (nSPS) is 9.71. The van der Waals surface area contributed by atoms with Gasteiger partial charge < -0.3 is 5.32 Å². The minimum Gasteiger partial charge on any atom is -0.305 e. The summed E-state index contributed by atoms with van der Waals surface area (Å²) in [6, 6.07) is 6.91. The molecule has 2 rings (SSSR count). The summed E-state index contributed by atoms with van der Waals surface area (Å²) in [5.74, 6) is -0.349. The lowest BCUT2D eigenvalue weighted by Gasteiger charge is -2.06. The molecule has 1 aromatic carbocycles. The molecule has 0 saturated heterocycles. The van der Waals surface area contributed by atoms with Crippen molar-refractivity contribution in [2.24, 2.45) is 0 Å². The summed E-state index contributed by atoms with van der Waals surface area (Å²) in [6.45, 7) is 0. The van der Waals surface area contributed by atoms with Crippen molar-refractivity contribution < 1.29 is 9.18 Å². The number of anilines is 2. The van der Waals surface area contributed by atoms with Crippen LogP contribution in [0.15, 0.2) is 42.7 Å². The third kappa shape index (κ3) is 2.97. The molecule has 0 aliphatic carbocycles. The molecule has 2 N–H and O–H groups in total. The van der Waals surface area contributed by atoms with Crippen molar-refractivity contribution in [3.63, 3.8) is 0 Å². The van der Waals surface area contributed by atoms with E-state index in [0.29, 0.717) is 0 Å². The molecule has 17 heavy (non-hydrogen) atoms. The number of hydrogen-bond donors (Lipinski definition) is 2. The average Bonchev–Trinajstić information content (AvgIpc) is 2.33. The second-order valence-electron chi connectivity index (χ2n) is 3.13. The molecule has 5 nitrogen and oxygen atoms in total. The fraction of sp³-hybridized carbons (Fsp3) is 0. The van der Waals surface area contributed by atoms with Crippen LogP contribution in [0, 0.1) is 5.82 Å². The molecule has 2 aromatic rings. The number of carbonyl (C=O) groups excluding carboxylic acids is 1. The van der Waals surface area contributed by atoms with E-state index in [4.69, 9.17) is 0 Å². The van der Waals surface area contributed by atoms with Crippen LogP contribution in [-0.2, 0) is 0 Å². The lowest BCUT2D eigenvalue weighted by atomic mass is 10.3. The van der Waals surface area contributed by atoms with Gasteiger partial charge in [0.05, 0.1) is 5.69 Å². The van der Waals surface area contributed by atoms with Gasteiger partial charge in [-0.2, -0.15) is 0 Å². The van der Waals surface area contributed by atoms with E-state index in [1.54, 1.807) is 18.2 Å². The Kier molecular flexibility index (Phi) is 3.25. The number of rotatable bonds is 2. The summed E-state index contributed by atoms with van der Waals surface area (Å²) in [4.78, 5) is 19.1. The van der Waals surface area contributed by atoms with Gasteiger partial charge in [-0.15, -0.1) is 0 Å². The topological polar surface area (TPSA) is 66.9 Å². The van der Waals surface area contributed by atoms with Crippen LogP contribution in [-0.4, -0.2) is 16.0 Å². The smallest absolute Gasteiger partial charge is 0.305 e. The predicted octanol–water partition coefficient (Wildman–Crippen LogP) is 2.26. The molecule has 0 aliphatic rings. The van der Waals surface area contributed by atoms with Crippen LogP contribution in [0.25, 0.3) is 0 Å². The van der Waals surface area contributed by atoms with Gasteiger partial charge in [-0.3, -0.25) is 5.32 Å². The maximum atomic E-state index is 13.2. The highest BCUT2D eigenvalue weighted by molar-refractivity contribution is 5.98. The molecular weight excluding hydrogens is 223 g/mol. The molecule has 1 heterocycles. The first-order chi connectivity index (χ1) is 8.25. The minimum atomic E-state index is -0.596. The largest absolute Gasteiger partial charge is 0.326 e. The SMILES string of the molecule is O=C(Nc1ncccn1)Nc1ccccc1F. The van der Waals surface area contributed by atoms with Gasteiger partial charge in [0, 0.05) is 12.4 Å². The molecule has 0 saturated carbocycles. The summed E-state index contributed by atoms with van der Waals surface area (Å²) >= 11 is 0. The molecular formula is C11H9FN4O. The molecule has 86 valence electrons. The molecule has 0 atom stereocenters. The van der Waals surface area contributed by atoms with Crippen LogP contribution in [0.2, 0.25) is 0 Å². The van der Waals surface area contributed by atoms with Gasteiger partial charge in [0.2, 0.25) is 5.95 Å². The summed E-state index contributed by atoms with van der Waals surface area (Å²) in [5, 5.41) is 4.73. The van der Waals surface area contributed by atoms with Crippen molar-refractivity contribution in [2.45, 2.75) is 0 Å². The molecule has 0 aliphatic heterocycles. The van der Waals surface area contributed by atoms with Gasteiger partial charge in [-0.1, -0.05) is 12.1 Å². The van der Waals surface area contributed by atoms with Crippen LogP contribution in [0.1, 0.15) is 0 Å². The van der Waals surface area contributed by atoms with Crippen LogP contribution < -0.4 is 10.6 Å². The zero-order chi connectivity index (χ0) is 12.1. The Hall–Kier alpha value is -2.50. The zero-order valence-electron chi connectivity index (χ0n) is 8.72. The molecule has 0 bridgehead atoms. The number of nitrogens with one attached hydrogen (secondary N) is 2. The van der Waals surface area contributed by atoms with Crippen molar-refractivity contribution in [3.8, 4) is 0 Å². The molecule has 0 fully saturated rings. The maximum absolute atomic E-state index is 13.2. The Morgan fingerprint density at radius 3 is 2.47 bits per heavy atom. The summed E-state index contributed by atoms with van der Waals surface area (Å²) < 4.78 is 13.2. The number of aromatic nitrogens is 2. The van der Waals surface area contributed by atoms with Crippen molar-refractivity contribution in [3.05, 3.63) is 48.5 Å². The van der Waals surface area contributed by atoms with Gasteiger partial charge in [0.1, 0.15) is 5.82 Å². The predicted molar refractivity (Wildman–Crippen MR) is 61.1 cm³/mol. The molecule has 0 spiro atoms. The summed E-state index contributed by atoms with van der Waals surface area (Å²) in [6.07, 6.45) is 2.98. The fourth-order valence-electron chi connectivity index (χ4n) is 1.18. The first-order valence-corrected chi connectivity index (χ1v) is 4.85. The van der Waals surface area contributed by atoms with Gasteiger partial charge >= 0.3 is 6.03 Å². The molecule has 6 heteroatoms. The molecule has 0 unspecified atom stereocenters. The lowest BCUT2D eigenvalue weighted by Crippen LogP contribution is -2.21. The van der Waals surface area contributed by atoms with E-state index >= 15 is 0 Å². The Balaban J connectivity index is 2.01. The van der Waals surface area contributed by atoms with Gasteiger partial charge in [0.25, 0.3) is 0 Å². The summed E-state index contributed by atoms with van der Waals surface area (Å²) in [5.41, 5.74) is 0.0981. The van der Waals surface area contributed by atoms with E-state index in [1.165, 1.54) is 24.5 Å². The van der Waals surface area contributed by atoms with Crippen LogP contribution in [0.3, 0.4) is 0 Å². The Morgan fingerprint density at radius 2 is 1.76 bits per heavy atom. The van der Waals surface area contributed by atoms with Crippen LogP contribution in [0.5, 0.6) is 0 Å². The van der Waals surface area contributed by atoms with E-state index in [-0.39, 0.29) is 11.6 Å². The Morgan fingerprint density at radius 1 is 1.06 bits per heavy atom. The second kappa shape index (κ2) is 5.02. The van der Waals surface area contributed by atoms with E-state index in [2.05, 4.69) is 20.6 Å². The minimum absolute atomic E-state index is 0.0981. The fourth-order valence-corrected chi connectivity index (χ4v) is 1.18. The maximum Gasteiger partial charge on any atom is 0.326 e. The van der Waals surface area contributed by atoms with Crippen molar-refractivity contribution >= 4 is 17.7 Å². The molecule has 0 radical (unpaired) electrons. The number of carbonyl (C=O) groups is 1. The average molecular weight is 232 g/mol.